The van der Waals surface area contributed by atoms with Gasteiger partial charge >= 0.3 is 0 Å². The predicted molar refractivity (Wildman–Crippen MR) is 88.6 cm³/mol. The Hall–Kier alpha value is -1.04. The Balaban J connectivity index is 2.28. The monoisotopic (exact) mass is 369 g/mol. The minimum atomic E-state index is 0.257. The fraction of sp³-hybridized carbons (Fsp3) is 0.400. The molecule has 19 heavy (non-hydrogen) atoms. The summed E-state index contributed by atoms with van der Waals surface area (Å²) in [5.74, 6) is 0. The SMILES string of the molecule is Cc1cc(I)ccc1NC(C)c1c(C)nn(C)c1C. The molecule has 102 valence electrons. The number of hydrogen-bond acceptors (Lipinski definition) is 2. The van der Waals surface area contributed by atoms with Crippen molar-refractivity contribution in [3.63, 3.8) is 0 Å². The van der Waals surface area contributed by atoms with Gasteiger partial charge in [-0.15, -0.1) is 0 Å². The van der Waals surface area contributed by atoms with E-state index in [1.54, 1.807) is 0 Å². The summed E-state index contributed by atoms with van der Waals surface area (Å²) in [7, 11) is 1.99. The molecule has 0 radical (unpaired) electrons. The first-order chi connectivity index (χ1) is 8.90. The third-order valence-electron chi connectivity index (χ3n) is 3.56. The molecule has 0 aliphatic rings. The van der Waals surface area contributed by atoms with E-state index in [9.17, 15) is 0 Å². The molecule has 0 fully saturated rings. The van der Waals surface area contributed by atoms with Crippen molar-refractivity contribution in [3.8, 4) is 0 Å². The van der Waals surface area contributed by atoms with Crippen LogP contribution in [0, 0.1) is 24.3 Å². The van der Waals surface area contributed by atoms with Crippen molar-refractivity contribution >= 4 is 28.3 Å². The molecule has 0 bridgehead atoms. The average molecular weight is 369 g/mol. The number of halogens is 1. The third-order valence-corrected chi connectivity index (χ3v) is 4.23. The van der Waals surface area contributed by atoms with Crippen molar-refractivity contribution in [3.05, 3.63) is 44.3 Å². The van der Waals surface area contributed by atoms with Gasteiger partial charge in [0.15, 0.2) is 0 Å². The minimum Gasteiger partial charge on any atom is -0.378 e. The molecular weight excluding hydrogens is 349 g/mol. The molecule has 0 saturated carbocycles. The standard InChI is InChI=1S/C15H20IN3/c1-9-8-13(16)6-7-14(9)17-10(2)15-11(3)18-19(5)12(15)4/h6-8,10,17H,1-5H3. The van der Waals surface area contributed by atoms with Crippen molar-refractivity contribution in [2.45, 2.75) is 33.7 Å². The van der Waals surface area contributed by atoms with Crippen LogP contribution in [0.5, 0.6) is 0 Å². The van der Waals surface area contributed by atoms with Crippen LogP contribution in [0.1, 0.15) is 35.5 Å². The first-order valence-corrected chi connectivity index (χ1v) is 7.50. The normalized spacial score (nSPS) is 12.5. The van der Waals surface area contributed by atoms with E-state index in [4.69, 9.17) is 0 Å². The van der Waals surface area contributed by atoms with Gasteiger partial charge in [-0.25, -0.2) is 0 Å². The molecule has 0 spiro atoms. The van der Waals surface area contributed by atoms with Gasteiger partial charge in [-0.2, -0.15) is 5.10 Å². The van der Waals surface area contributed by atoms with Crippen molar-refractivity contribution in [2.24, 2.45) is 7.05 Å². The summed E-state index contributed by atoms with van der Waals surface area (Å²) in [6, 6.07) is 6.73. The van der Waals surface area contributed by atoms with E-state index in [0.717, 1.165) is 5.69 Å². The molecule has 2 aromatic rings. The van der Waals surface area contributed by atoms with Crippen LogP contribution >= 0.6 is 22.6 Å². The van der Waals surface area contributed by atoms with Crippen LogP contribution in [0.15, 0.2) is 18.2 Å². The zero-order valence-electron chi connectivity index (χ0n) is 12.1. The zero-order valence-corrected chi connectivity index (χ0v) is 14.2. The lowest BCUT2D eigenvalue weighted by Gasteiger charge is -2.18. The van der Waals surface area contributed by atoms with Gasteiger partial charge < -0.3 is 5.32 Å². The third kappa shape index (κ3) is 2.94. The topological polar surface area (TPSA) is 29.9 Å². The van der Waals surface area contributed by atoms with Crippen LogP contribution in [-0.2, 0) is 7.05 Å². The molecule has 4 heteroatoms. The van der Waals surface area contributed by atoms with Crippen molar-refractivity contribution in [1.29, 1.82) is 0 Å². The number of anilines is 1. The molecule has 1 atom stereocenters. The summed E-state index contributed by atoms with van der Waals surface area (Å²) in [6.07, 6.45) is 0. The van der Waals surface area contributed by atoms with Crippen LogP contribution < -0.4 is 5.32 Å². The Kier molecular flexibility index (Phi) is 4.18. The van der Waals surface area contributed by atoms with E-state index in [1.807, 2.05) is 11.7 Å². The second-order valence-corrected chi connectivity index (χ2v) is 6.28. The van der Waals surface area contributed by atoms with Crippen LogP contribution in [0.3, 0.4) is 0 Å². The Morgan fingerprint density at radius 2 is 1.95 bits per heavy atom. The second kappa shape index (κ2) is 5.53. The van der Waals surface area contributed by atoms with E-state index in [0.29, 0.717) is 0 Å². The van der Waals surface area contributed by atoms with E-state index >= 15 is 0 Å². The summed E-state index contributed by atoms with van der Waals surface area (Å²) in [5.41, 5.74) is 6.08. The lowest BCUT2D eigenvalue weighted by Crippen LogP contribution is -2.10. The molecule has 0 amide bonds. The molecular formula is C15H20IN3. The number of benzene rings is 1. The average Bonchev–Trinajstić information content (AvgIpc) is 2.57. The van der Waals surface area contributed by atoms with E-state index < -0.39 is 0 Å². The van der Waals surface area contributed by atoms with Crippen LogP contribution in [-0.4, -0.2) is 9.78 Å². The number of aromatic nitrogens is 2. The molecule has 1 aromatic carbocycles. The lowest BCUT2D eigenvalue weighted by atomic mass is 10.1. The van der Waals surface area contributed by atoms with E-state index in [-0.39, 0.29) is 6.04 Å². The fourth-order valence-corrected chi connectivity index (χ4v) is 3.16. The van der Waals surface area contributed by atoms with Gasteiger partial charge in [-0.3, -0.25) is 4.68 Å². The van der Waals surface area contributed by atoms with Gasteiger partial charge in [0, 0.05) is 27.6 Å². The molecule has 0 aliphatic carbocycles. The highest BCUT2D eigenvalue weighted by atomic mass is 127. The maximum absolute atomic E-state index is 4.49. The van der Waals surface area contributed by atoms with Crippen LogP contribution in [0.25, 0.3) is 0 Å². The van der Waals surface area contributed by atoms with Gasteiger partial charge in [0.05, 0.1) is 11.7 Å². The number of nitrogens with zero attached hydrogens (tertiary/aromatic N) is 2. The number of aryl methyl sites for hydroxylation is 3. The van der Waals surface area contributed by atoms with Crippen LogP contribution in [0.2, 0.25) is 0 Å². The molecule has 1 unspecified atom stereocenters. The molecule has 3 nitrogen and oxygen atoms in total. The summed E-state index contributed by atoms with van der Waals surface area (Å²) in [4.78, 5) is 0. The second-order valence-electron chi connectivity index (χ2n) is 5.03. The summed E-state index contributed by atoms with van der Waals surface area (Å²) in [5, 5.41) is 8.08. The largest absolute Gasteiger partial charge is 0.378 e. The molecule has 0 saturated heterocycles. The smallest absolute Gasteiger partial charge is 0.0649 e. The van der Waals surface area contributed by atoms with Crippen molar-refractivity contribution in [1.82, 2.24) is 9.78 Å². The molecule has 0 aliphatic heterocycles. The highest BCUT2D eigenvalue weighted by molar-refractivity contribution is 14.1. The van der Waals surface area contributed by atoms with Crippen LogP contribution in [0.4, 0.5) is 5.69 Å². The number of rotatable bonds is 3. The Labute approximate surface area is 128 Å². The maximum atomic E-state index is 4.49. The lowest BCUT2D eigenvalue weighted by molar-refractivity contribution is 0.728. The summed E-state index contributed by atoms with van der Waals surface area (Å²) in [6.45, 7) is 8.52. The fourth-order valence-electron chi connectivity index (χ4n) is 2.51. The first-order valence-electron chi connectivity index (χ1n) is 6.43. The maximum Gasteiger partial charge on any atom is 0.0649 e. The van der Waals surface area contributed by atoms with Gasteiger partial charge in [0.1, 0.15) is 0 Å². The Morgan fingerprint density at radius 1 is 1.26 bits per heavy atom. The first kappa shape index (κ1) is 14.4. The Morgan fingerprint density at radius 3 is 2.47 bits per heavy atom. The molecule has 2 rings (SSSR count). The van der Waals surface area contributed by atoms with Gasteiger partial charge in [0.25, 0.3) is 0 Å². The number of hydrogen-bond donors (Lipinski definition) is 1. The van der Waals surface area contributed by atoms with Gasteiger partial charge in [-0.1, -0.05) is 0 Å². The molecule has 1 aromatic heterocycles. The van der Waals surface area contributed by atoms with E-state index in [2.05, 4.69) is 78.9 Å². The number of nitrogens with one attached hydrogen (secondary N) is 1. The minimum absolute atomic E-state index is 0.257. The summed E-state index contributed by atoms with van der Waals surface area (Å²) >= 11 is 2.34. The molecule has 1 N–H and O–H groups in total. The predicted octanol–water partition coefficient (Wildman–Crippen LogP) is 4.12. The van der Waals surface area contributed by atoms with Crippen molar-refractivity contribution in [2.75, 3.05) is 5.32 Å². The van der Waals surface area contributed by atoms with Gasteiger partial charge in [-0.05, 0) is 74.0 Å². The van der Waals surface area contributed by atoms with E-state index in [1.165, 1.54) is 26.1 Å². The quantitative estimate of drug-likeness (QED) is 0.825. The zero-order chi connectivity index (χ0) is 14.2. The van der Waals surface area contributed by atoms with Crippen molar-refractivity contribution < 1.29 is 0 Å². The summed E-state index contributed by atoms with van der Waals surface area (Å²) < 4.78 is 3.21. The highest BCUT2D eigenvalue weighted by Crippen LogP contribution is 2.27. The molecule has 1 heterocycles. The Bertz CT molecular complexity index is 602. The van der Waals surface area contributed by atoms with Gasteiger partial charge in [0.2, 0.25) is 0 Å². The highest BCUT2D eigenvalue weighted by Gasteiger charge is 2.16.